The molecule has 1 aromatic heterocycles. The second kappa shape index (κ2) is 8.95. The van der Waals surface area contributed by atoms with E-state index in [1.165, 1.54) is 11.3 Å². The molecule has 1 aliphatic rings. The van der Waals surface area contributed by atoms with Gasteiger partial charge in [0.1, 0.15) is 18.3 Å². The SMILES string of the molecule is CCON=c1sc2cc(N3C[C@H](CNC(=O)OC(C)(C)C)OC3=O)ccc2n1CC. The molecule has 0 saturated carbocycles. The lowest BCUT2D eigenvalue weighted by Gasteiger charge is -2.20. The maximum Gasteiger partial charge on any atom is 0.414 e. The number of nitrogens with one attached hydrogen (secondary N) is 1. The zero-order chi connectivity index (χ0) is 21.9. The number of carbonyl (C=O) groups excluding carboxylic acids is 2. The van der Waals surface area contributed by atoms with Gasteiger partial charge in [-0.3, -0.25) is 4.90 Å². The van der Waals surface area contributed by atoms with Crippen molar-refractivity contribution in [1.29, 1.82) is 0 Å². The fourth-order valence-corrected chi connectivity index (χ4v) is 4.16. The number of hydrogen-bond acceptors (Lipinski definition) is 7. The van der Waals surface area contributed by atoms with Crippen molar-refractivity contribution in [3.8, 4) is 0 Å². The van der Waals surface area contributed by atoms with Gasteiger partial charge in [0, 0.05) is 12.2 Å². The molecular formula is C20H28N4O5S. The highest BCUT2D eigenvalue weighted by atomic mass is 32.1. The van der Waals surface area contributed by atoms with E-state index in [0.29, 0.717) is 13.2 Å². The Morgan fingerprint density at radius 2 is 2.13 bits per heavy atom. The Morgan fingerprint density at radius 1 is 1.37 bits per heavy atom. The van der Waals surface area contributed by atoms with Gasteiger partial charge in [-0.05, 0) is 52.8 Å². The van der Waals surface area contributed by atoms with Gasteiger partial charge in [0.15, 0.2) is 0 Å². The summed E-state index contributed by atoms with van der Waals surface area (Å²) in [7, 11) is 0. The third kappa shape index (κ3) is 5.05. The number of amides is 2. The standard InChI is InChI=1S/C20H28N4O5S/c1-6-23-15-9-8-13(10-16(15)30-17(23)22-27-7-2)24-12-14(28-19(24)26)11-21-18(25)29-20(3,4)5/h8-10,14H,6-7,11-12H2,1-5H3,(H,21,25)/t14-/m0/s1. The number of benzene rings is 1. The second-order valence-electron chi connectivity index (χ2n) is 7.79. The van der Waals surface area contributed by atoms with E-state index in [-0.39, 0.29) is 6.54 Å². The number of ether oxygens (including phenoxy) is 2. The van der Waals surface area contributed by atoms with Crippen molar-refractivity contribution >= 4 is 39.4 Å². The van der Waals surface area contributed by atoms with Crippen molar-refractivity contribution in [1.82, 2.24) is 9.88 Å². The number of fused-ring (bicyclic) bond motifs is 1. The minimum absolute atomic E-state index is 0.186. The first kappa shape index (κ1) is 21.9. The summed E-state index contributed by atoms with van der Waals surface area (Å²) >= 11 is 1.50. The van der Waals surface area contributed by atoms with Crippen LogP contribution in [0.4, 0.5) is 15.3 Å². The van der Waals surface area contributed by atoms with Gasteiger partial charge < -0.3 is 24.2 Å². The number of thiazole rings is 1. The summed E-state index contributed by atoms with van der Waals surface area (Å²) in [6, 6.07) is 5.80. The maximum absolute atomic E-state index is 12.4. The number of alkyl carbamates (subject to hydrolysis) is 1. The Labute approximate surface area is 179 Å². The molecule has 0 bridgehead atoms. The average Bonchev–Trinajstić information content (AvgIpc) is 3.22. The molecule has 2 heterocycles. The third-order valence-corrected chi connectivity index (χ3v) is 5.34. The third-order valence-electron chi connectivity index (χ3n) is 4.31. The Balaban J connectivity index is 1.73. The summed E-state index contributed by atoms with van der Waals surface area (Å²) in [6.45, 7) is 11.1. The molecule has 0 radical (unpaired) electrons. The number of hydrogen-bond donors (Lipinski definition) is 1. The van der Waals surface area contributed by atoms with Crippen molar-refractivity contribution in [2.45, 2.75) is 52.9 Å². The molecule has 1 N–H and O–H groups in total. The molecule has 9 nitrogen and oxygen atoms in total. The van der Waals surface area contributed by atoms with Gasteiger partial charge in [-0.2, -0.15) is 0 Å². The van der Waals surface area contributed by atoms with E-state index in [4.69, 9.17) is 14.3 Å². The highest BCUT2D eigenvalue weighted by molar-refractivity contribution is 7.16. The van der Waals surface area contributed by atoms with Gasteiger partial charge in [-0.1, -0.05) is 16.5 Å². The summed E-state index contributed by atoms with van der Waals surface area (Å²) in [4.78, 5) is 31.8. The molecule has 0 aliphatic carbocycles. The number of aryl methyl sites for hydroxylation is 1. The fraction of sp³-hybridized carbons (Fsp3) is 0.550. The fourth-order valence-electron chi connectivity index (χ4n) is 3.08. The highest BCUT2D eigenvalue weighted by Crippen LogP contribution is 2.27. The summed E-state index contributed by atoms with van der Waals surface area (Å²) in [5, 5.41) is 6.83. The van der Waals surface area contributed by atoms with Crippen LogP contribution in [0.15, 0.2) is 23.4 Å². The lowest BCUT2D eigenvalue weighted by atomic mass is 10.2. The van der Waals surface area contributed by atoms with Crippen LogP contribution in [0.25, 0.3) is 10.2 Å². The quantitative estimate of drug-likeness (QED) is 0.700. The number of anilines is 1. The molecule has 2 amide bonds. The molecule has 1 aromatic carbocycles. The van der Waals surface area contributed by atoms with E-state index in [0.717, 1.165) is 27.3 Å². The van der Waals surface area contributed by atoms with Gasteiger partial charge in [-0.15, -0.1) is 0 Å². The molecule has 1 fully saturated rings. The van der Waals surface area contributed by atoms with Crippen molar-refractivity contribution in [3.05, 3.63) is 23.0 Å². The molecule has 3 rings (SSSR count). The molecular weight excluding hydrogens is 408 g/mol. The van der Waals surface area contributed by atoms with E-state index in [2.05, 4.69) is 15.0 Å². The first-order chi connectivity index (χ1) is 14.2. The van der Waals surface area contributed by atoms with Crippen molar-refractivity contribution in [2.24, 2.45) is 5.16 Å². The Morgan fingerprint density at radius 3 is 2.80 bits per heavy atom. The molecule has 0 unspecified atom stereocenters. The lowest BCUT2D eigenvalue weighted by molar-refractivity contribution is 0.0496. The molecule has 2 aromatic rings. The van der Waals surface area contributed by atoms with Crippen molar-refractivity contribution in [2.75, 3.05) is 24.6 Å². The predicted octanol–water partition coefficient (Wildman–Crippen LogP) is 3.42. The van der Waals surface area contributed by atoms with Crippen LogP contribution < -0.4 is 15.0 Å². The molecule has 1 atom stereocenters. The van der Waals surface area contributed by atoms with E-state index in [1.807, 2.05) is 32.0 Å². The van der Waals surface area contributed by atoms with Crippen LogP contribution >= 0.6 is 11.3 Å². The highest BCUT2D eigenvalue weighted by Gasteiger charge is 2.33. The molecule has 164 valence electrons. The van der Waals surface area contributed by atoms with E-state index >= 15 is 0 Å². The monoisotopic (exact) mass is 436 g/mol. The largest absolute Gasteiger partial charge is 0.444 e. The van der Waals surface area contributed by atoms with E-state index < -0.39 is 23.9 Å². The zero-order valence-corrected chi connectivity index (χ0v) is 18.7. The van der Waals surface area contributed by atoms with Gasteiger partial charge in [-0.25, -0.2) is 9.59 Å². The van der Waals surface area contributed by atoms with Crippen LogP contribution in [-0.2, 0) is 20.9 Å². The molecule has 10 heteroatoms. The number of nitrogens with zero attached hydrogens (tertiary/aromatic N) is 3. The molecule has 30 heavy (non-hydrogen) atoms. The Bertz CT molecular complexity index is 991. The predicted molar refractivity (Wildman–Crippen MR) is 115 cm³/mol. The maximum atomic E-state index is 12.4. The van der Waals surface area contributed by atoms with Crippen LogP contribution in [0.1, 0.15) is 34.6 Å². The first-order valence-corrected chi connectivity index (χ1v) is 10.8. The van der Waals surface area contributed by atoms with E-state index in [9.17, 15) is 9.59 Å². The van der Waals surface area contributed by atoms with Gasteiger partial charge in [0.25, 0.3) is 0 Å². The summed E-state index contributed by atoms with van der Waals surface area (Å²) < 4.78 is 13.7. The normalized spacial score (nSPS) is 17.4. The van der Waals surface area contributed by atoms with Crippen LogP contribution in [0.2, 0.25) is 0 Å². The Hall–Kier alpha value is -2.75. The lowest BCUT2D eigenvalue weighted by Crippen LogP contribution is -2.38. The van der Waals surface area contributed by atoms with E-state index in [1.54, 1.807) is 25.7 Å². The minimum Gasteiger partial charge on any atom is -0.444 e. The summed E-state index contributed by atoms with van der Waals surface area (Å²) in [6.07, 6.45) is -1.43. The summed E-state index contributed by atoms with van der Waals surface area (Å²) in [5.74, 6) is 0. The molecule has 1 saturated heterocycles. The average molecular weight is 437 g/mol. The smallest absolute Gasteiger partial charge is 0.414 e. The molecule has 1 aliphatic heterocycles. The molecule has 0 spiro atoms. The zero-order valence-electron chi connectivity index (χ0n) is 17.9. The van der Waals surface area contributed by atoms with Gasteiger partial charge >= 0.3 is 12.2 Å². The van der Waals surface area contributed by atoms with Gasteiger partial charge in [0.2, 0.25) is 4.80 Å². The van der Waals surface area contributed by atoms with Crippen LogP contribution in [-0.4, -0.2) is 48.2 Å². The number of aromatic nitrogens is 1. The van der Waals surface area contributed by atoms with Crippen LogP contribution in [0, 0.1) is 0 Å². The first-order valence-electron chi connectivity index (χ1n) is 9.96. The topological polar surface area (TPSA) is 94.4 Å². The van der Waals surface area contributed by atoms with Crippen molar-refractivity contribution in [3.63, 3.8) is 0 Å². The number of rotatable bonds is 6. The van der Waals surface area contributed by atoms with Crippen LogP contribution in [0.3, 0.4) is 0 Å². The van der Waals surface area contributed by atoms with Gasteiger partial charge in [0.05, 0.1) is 23.3 Å². The summed E-state index contributed by atoms with van der Waals surface area (Å²) in [5.41, 5.74) is 1.18. The van der Waals surface area contributed by atoms with Crippen molar-refractivity contribution < 1.29 is 23.9 Å². The van der Waals surface area contributed by atoms with Crippen LogP contribution in [0.5, 0.6) is 0 Å². The number of carbonyl (C=O) groups is 2. The minimum atomic E-state index is -0.582. The number of cyclic esters (lactones) is 1. The Kier molecular flexibility index (Phi) is 6.55. The second-order valence-corrected chi connectivity index (χ2v) is 8.80.